The Balaban J connectivity index is 0.000000141. The number of halogens is 2. The molecule has 4 aromatic rings. The number of ether oxygens (including phenoxy) is 1. The van der Waals surface area contributed by atoms with Crippen LogP contribution in [0.2, 0.25) is 10.0 Å². The molecule has 8 fully saturated rings. The lowest BCUT2D eigenvalue weighted by Crippen LogP contribution is -2.49. The minimum atomic E-state index is -1.54. The number of phenols is 1. The van der Waals surface area contributed by atoms with Gasteiger partial charge in [0.15, 0.2) is 0 Å². The largest absolute Gasteiger partial charge is 0.508 e. The molecular formula is C52H59BCl2O6. The summed E-state index contributed by atoms with van der Waals surface area (Å²) in [5.41, 5.74) is 8.18. The Morgan fingerprint density at radius 3 is 1.62 bits per heavy atom. The predicted octanol–water partition coefficient (Wildman–Crippen LogP) is 11.8. The summed E-state index contributed by atoms with van der Waals surface area (Å²) >= 11 is 12.7. The second kappa shape index (κ2) is 18.0. The first-order chi connectivity index (χ1) is 29.2. The highest BCUT2D eigenvalue weighted by atomic mass is 35.5. The van der Waals surface area contributed by atoms with Gasteiger partial charge in [-0.2, -0.15) is 0 Å². The lowest BCUT2D eigenvalue weighted by atomic mass is 9.47. The number of allylic oxidation sites excluding steroid dienone is 1. The van der Waals surface area contributed by atoms with Gasteiger partial charge in [-0.1, -0.05) is 95.5 Å². The van der Waals surface area contributed by atoms with E-state index in [1.165, 1.54) is 88.2 Å². The number of hydrogen-bond acceptors (Lipinski definition) is 5. The van der Waals surface area contributed by atoms with Crippen molar-refractivity contribution in [3.63, 3.8) is 0 Å². The van der Waals surface area contributed by atoms with Crippen LogP contribution in [0.25, 0.3) is 23.3 Å². The van der Waals surface area contributed by atoms with Crippen molar-refractivity contribution in [1.82, 2.24) is 0 Å². The molecule has 4 N–H and O–H groups in total. The van der Waals surface area contributed by atoms with Gasteiger partial charge in [-0.05, 0) is 178 Å². The predicted molar refractivity (Wildman–Crippen MR) is 249 cm³/mol. The smallest absolute Gasteiger partial charge is 0.489 e. The van der Waals surface area contributed by atoms with Crippen LogP contribution < -0.4 is 10.2 Å². The van der Waals surface area contributed by atoms with Gasteiger partial charge in [0.1, 0.15) is 11.5 Å². The van der Waals surface area contributed by atoms with E-state index in [9.17, 15) is 19.9 Å². The third-order valence-electron chi connectivity index (χ3n) is 15.0. The number of aromatic hydroxyl groups is 1. The van der Waals surface area contributed by atoms with E-state index in [1.807, 2.05) is 43.3 Å². The van der Waals surface area contributed by atoms with Crippen molar-refractivity contribution in [2.45, 2.75) is 102 Å². The number of rotatable bonds is 8. The topological polar surface area (TPSA) is 107 Å². The van der Waals surface area contributed by atoms with Gasteiger partial charge in [0.2, 0.25) is 0 Å². The summed E-state index contributed by atoms with van der Waals surface area (Å²) in [6.07, 6.45) is 22.3. The fourth-order valence-electron chi connectivity index (χ4n) is 13.3. The zero-order chi connectivity index (χ0) is 43.1. The summed E-state index contributed by atoms with van der Waals surface area (Å²) < 4.78 is 5.60. The van der Waals surface area contributed by atoms with E-state index in [1.54, 1.807) is 25.3 Å². The van der Waals surface area contributed by atoms with Crippen LogP contribution in [0.1, 0.15) is 112 Å². The third-order valence-corrected chi connectivity index (χ3v) is 15.6. The molecule has 8 aliphatic carbocycles. The maximum Gasteiger partial charge on any atom is 0.489 e. The van der Waals surface area contributed by atoms with Crippen LogP contribution in [-0.4, -0.2) is 40.5 Å². The third kappa shape index (κ3) is 9.37. The summed E-state index contributed by atoms with van der Waals surface area (Å²) in [6.45, 7) is 4.12. The summed E-state index contributed by atoms with van der Waals surface area (Å²) in [5.74, 6) is 5.08. The molecule has 0 aliphatic heterocycles. The Hall–Kier alpha value is -4.01. The van der Waals surface area contributed by atoms with E-state index in [-0.39, 0.29) is 10.8 Å². The van der Waals surface area contributed by atoms with E-state index >= 15 is 0 Å². The second-order valence-electron chi connectivity index (χ2n) is 19.4. The summed E-state index contributed by atoms with van der Waals surface area (Å²) in [6, 6.07) is 23.7. The van der Waals surface area contributed by atoms with Crippen LogP contribution in [0.15, 0.2) is 84.9 Å². The van der Waals surface area contributed by atoms with Gasteiger partial charge >= 0.3 is 13.1 Å². The average Bonchev–Trinajstić information content (AvgIpc) is 3.20. The first-order valence-electron chi connectivity index (χ1n) is 22.2. The highest BCUT2D eigenvalue weighted by Crippen LogP contribution is 2.63. The molecule has 4 aromatic carbocycles. The molecule has 9 heteroatoms. The summed E-state index contributed by atoms with van der Waals surface area (Å²) in [5, 5.41) is 39.7. The van der Waals surface area contributed by atoms with Crippen LogP contribution in [0, 0.1) is 42.4 Å². The molecule has 0 spiro atoms. The molecule has 0 saturated heterocycles. The average molecular weight is 862 g/mol. The van der Waals surface area contributed by atoms with Crippen LogP contribution in [-0.2, 0) is 15.6 Å². The van der Waals surface area contributed by atoms with Gasteiger partial charge < -0.3 is 25.0 Å². The summed E-state index contributed by atoms with van der Waals surface area (Å²) in [7, 11) is 0.135. The number of carboxylic acid groups (broad SMARTS) is 1. The van der Waals surface area contributed by atoms with Crippen LogP contribution >= 0.6 is 23.2 Å². The molecule has 0 heterocycles. The van der Waals surface area contributed by atoms with Crippen LogP contribution in [0.4, 0.5) is 0 Å². The van der Waals surface area contributed by atoms with Gasteiger partial charge in [-0.15, -0.1) is 0 Å². The summed E-state index contributed by atoms with van der Waals surface area (Å²) in [4.78, 5) is 10.7. The van der Waals surface area contributed by atoms with Crippen molar-refractivity contribution < 1.29 is 29.8 Å². The molecule has 8 aliphatic rings. The van der Waals surface area contributed by atoms with Crippen molar-refractivity contribution in [2.24, 2.45) is 35.5 Å². The number of methoxy groups -OCH3 is 1. The Labute approximate surface area is 371 Å². The molecule has 0 amide bonds. The fraction of sp³-hybridized carbons (Fsp3) is 0.442. The van der Waals surface area contributed by atoms with E-state index in [4.69, 9.17) is 33.0 Å². The Morgan fingerprint density at radius 2 is 1.16 bits per heavy atom. The standard InChI is InChI=1S/C25H25ClO3.C17H22BClO3.C10H12/c26-22-11-23(27)21(25-12-16-7-17(13-25)9-18(8-16)14-25)10-20(22)19-4-1-15(2-5-19)3-6-24(28)29;1-22-16-6-15(19)14(18(20)21)5-13(16)17-7-10-2-11(8-17)4-12(3-10)9-17;1-3-4-10-7-5-9(2)6-8-10/h1-6,10-11,16-18,27H,7-9,12-14H2,(H,28,29);5-6,10-12,20-21H,2-4,7-9H2,1H3;3-8H,1-2H3/b6-3-;;4-3+. The lowest BCUT2D eigenvalue weighted by Gasteiger charge is -2.57. The molecule has 0 radical (unpaired) electrons. The minimum Gasteiger partial charge on any atom is -0.508 e. The lowest BCUT2D eigenvalue weighted by molar-refractivity contribution is -0.131. The van der Waals surface area contributed by atoms with E-state index in [0.717, 1.165) is 75.2 Å². The normalized spacial score (nSPS) is 29.0. The van der Waals surface area contributed by atoms with E-state index < -0.39 is 13.1 Å². The Bertz CT molecular complexity index is 2210. The zero-order valence-electron chi connectivity index (χ0n) is 35.6. The molecule has 0 atom stereocenters. The van der Waals surface area contributed by atoms with Gasteiger partial charge in [-0.3, -0.25) is 0 Å². The number of carboxylic acids is 1. The molecule has 0 aromatic heterocycles. The molecule has 0 unspecified atom stereocenters. The van der Waals surface area contributed by atoms with Gasteiger partial charge in [0, 0.05) is 33.3 Å². The Kier molecular flexibility index (Phi) is 12.9. The fourth-order valence-corrected chi connectivity index (χ4v) is 13.8. The first kappa shape index (κ1) is 43.6. The maximum atomic E-state index is 10.8. The van der Waals surface area contributed by atoms with Crippen molar-refractivity contribution in [1.29, 1.82) is 0 Å². The molecule has 6 nitrogen and oxygen atoms in total. The maximum absolute atomic E-state index is 10.8. The number of aliphatic carboxylic acids is 1. The second-order valence-corrected chi connectivity index (χ2v) is 20.2. The van der Waals surface area contributed by atoms with Crippen molar-refractivity contribution in [3.05, 3.63) is 123 Å². The molecule has 61 heavy (non-hydrogen) atoms. The van der Waals surface area contributed by atoms with E-state index in [2.05, 4.69) is 43.3 Å². The molecule has 12 rings (SSSR count). The number of phenolic OH excluding ortho intramolecular Hbond substituents is 1. The zero-order valence-corrected chi connectivity index (χ0v) is 37.1. The van der Waals surface area contributed by atoms with E-state index in [0.29, 0.717) is 21.3 Å². The number of aryl methyl sites for hydroxylation is 1. The van der Waals surface area contributed by atoms with Gasteiger partial charge in [-0.25, -0.2) is 4.79 Å². The Morgan fingerprint density at radius 1 is 0.689 bits per heavy atom. The number of carbonyl (C=O) groups is 1. The van der Waals surface area contributed by atoms with Crippen LogP contribution in [0.3, 0.4) is 0 Å². The molecule has 8 bridgehead atoms. The van der Waals surface area contributed by atoms with Crippen molar-refractivity contribution in [2.75, 3.05) is 7.11 Å². The number of benzene rings is 4. The quantitative estimate of drug-likeness (QED) is 0.104. The number of hydrogen-bond donors (Lipinski definition) is 4. The van der Waals surface area contributed by atoms with Crippen molar-refractivity contribution >= 4 is 53.9 Å². The minimum absolute atomic E-state index is 0.0995. The monoisotopic (exact) mass is 860 g/mol. The molecular weight excluding hydrogens is 802 g/mol. The SMILES string of the molecule is C/C=C/c1ccc(C)cc1.COc1cc(Cl)c(B(O)O)cc1C12CC3CC(CC(C3)C1)C2.O=C(O)/C=C\c1ccc(-c2cc(C34CC5CC(CC(C5)C3)C4)c(O)cc2Cl)cc1. The highest BCUT2D eigenvalue weighted by Gasteiger charge is 2.54. The first-order valence-corrected chi connectivity index (χ1v) is 23.0. The van der Waals surface area contributed by atoms with Crippen LogP contribution in [0.5, 0.6) is 11.5 Å². The molecule has 320 valence electrons. The van der Waals surface area contributed by atoms with Crippen molar-refractivity contribution in [3.8, 4) is 22.6 Å². The van der Waals surface area contributed by atoms with Gasteiger partial charge in [0.25, 0.3) is 0 Å². The van der Waals surface area contributed by atoms with Gasteiger partial charge in [0.05, 0.1) is 12.1 Å². The highest BCUT2D eigenvalue weighted by molar-refractivity contribution is 6.62. The molecule has 8 saturated carbocycles.